The summed E-state index contributed by atoms with van der Waals surface area (Å²) in [5, 5.41) is 7.72. The van der Waals surface area contributed by atoms with Crippen molar-refractivity contribution in [3.8, 4) is 0 Å². The molecule has 0 aliphatic carbocycles. The van der Waals surface area contributed by atoms with Crippen LogP contribution in [0.5, 0.6) is 0 Å². The Morgan fingerprint density at radius 3 is 2.65 bits per heavy atom. The molecule has 0 aliphatic rings. The van der Waals surface area contributed by atoms with Crippen molar-refractivity contribution in [3.63, 3.8) is 0 Å². The van der Waals surface area contributed by atoms with Crippen molar-refractivity contribution >= 4 is 22.4 Å². The molecule has 1 aromatic carbocycles. The summed E-state index contributed by atoms with van der Waals surface area (Å²) in [5.41, 5.74) is 3.16. The third-order valence-corrected chi connectivity index (χ3v) is 3.61. The second kappa shape index (κ2) is 7.05. The maximum absolute atomic E-state index is 12.8. The highest BCUT2D eigenvalue weighted by Gasteiger charge is 2.04. The van der Waals surface area contributed by atoms with Crippen LogP contribution in [0.2, 0.25) is 0 Å². The van der Waals surface area contributed by atoms with Crippen molar-refractivity contribution in [2.45, 2.75) is 13.3 Å². The molecule has 0 saturated heterocycles. The van der Waals surface area contributed by atoms with Crippen molar-refractivity contribution in [1.82, 2.24) is 9.97 Å². The summed E-state index contributed by atoms with van der Waals surface area (Å²) in [4.78, 5) is 8.61. The van der Waals surface area contributed by atoms with E-state index < -0.39 is 0 Å². The molecule has 0 unspecified atom stereocenters. The van der Waals surface area contributed by atoms with Crippen LogP contribution in [-0.2, 0) is 6.42 Å². The van der Waals surface area contributed by atoms with E-state index in [1.165, 1.54) is 12.3 Å². The molecule has 0 radical (unpaired) electrons. The number of hydrogen-bond donors (Lipinski definition) is 2. The van der Waals surface area contributed by atoms with Crippen LogP contribution in [0.1, 0.15) is 12.6 Å². The van der Waals surface area contributed by atoms with Gasteiger partial charge in [-0.3, -0.25) is 4.98 Å². The molecule has 3 aromatic rings. The monoisotopic (exact) mass is 310 g/mol. The molecule has 4 nitrogen and oxygen atoms in total. The minimum absolute atomic E-state index is 0.330. The van der Waals surface area contributed by atoms with Crippen LogP contribution in [0.4, 0.5) is 15.9 Å². The zero-order chi connectivity index (χ0) is 16.1. The molecule has 23 heavy (non-hydrogen) atoms. The lowest BCUT2D eigenvalue weighted by molar-refractivity contribution is 0.621. The van der Waals surface area contributed by atoms with Gasteiger partial charge in [-0.15, -0.1) is 0 Å². The zero-order valence-corrected chi connectivity index (χ0v) is 13.0. The average Bonchev–Trinajstić information content (AvgIpc) is 2.60. The Bertz CT molecular complexity index is 787. The van der Waals surface area contributed by atoms with E-state index in [1.54, 1.807) is 6.07 Å². The minimum Gasteiger partial charge on any atom is -0.383 e. The fraction of sp³-hybridized carbons (Fsp3) is 0.222. The van der Waals surface area contributed by atoms with E-state index in [-0.39, 0.29) is 5.82 Å². The number of nitrogens with zero attached hydrogens (tertiary/aromatic N) is 2. The molecule has 0 amide bonds. The molecule has 0 aliphatic heterocycles. The van der Waals surface area contributed by atoms with Crippen molar-refractivity contribution in [3.05, 3.63) is 60.2 Å². The van der Waals surface area contributed by atoms with Gasteiger partial charge in [0.1, 0.15) is 11.6 Å². The quantitative estimate of drug-likeness (QED) is 0.679. The predicted molar refractivity (Wildman–Crippen MR) is 92.3 cm³/mol. The third-order valence-electron chi connectivity index (χ3n) is 3.61. The SMILES string of the molecule is CCc1cc(NCCNc2ccc(F)cn2)c2ccccc2n1. The molecule has 0 saturated carbocycles. The molecule has 2 heterocycles. The van der Waals surface area contributed by atoms with E-state index in [9.17, 15) is 4.39 Å². The van der Waals surface area contributed by atoms with E-state index in [2.05, 4.69) is 39.7 Å². The van der Waals surface area contributed by atoms with Gasteiger partial charge in [-0.2, -0.15) is 0 Å². The predicted octanol–water partition coefficient (Wildman–Crippen LogP) is 3.86. The van der Waals surface area contributed by atoms with Gasteiger partial charge in [0, 0.05) is 29.9 Å². The second-order valence-corrected chi connectivity index (χ2v) is 5.25. The zero-order valence-electron chi connectivity index (χ0n) is 13.0. The first-order chi connectivity index (χ1) is 11.3. The van der Waals surface area contributed by atoms with Crippen LogP contribution in [-0.4, -0.2) is 23.1 Å². The fourth-order valence-corrected chi connectivity index (χ4v) is 2.43. The summed E-state index contributed by atoms with van der Waals surface area (Å²) < 4.78 is 12.8. The lowest BCUT2D eigenvalue weighted by Crippen LogP contribution is -2.14. The average molecular weight is 310 g/mol. The summed E-state index contributed by atoms with van der Waals surface area (Å²) in [6, 6.07) is 13.2. The molecular weight excluding hydrogens is 291 g/mol. The van der Waals surface area contributed by atoms with Crippen molar-refractivity contribution in [2.24, 2.45) is 0 Å². The Morgan fingerprint density at radius 2 is 1.87 bits per heavy atom. The molecular formula is C18H19FN4. The maximum Gasteiger partial charge on any atom is 0.141 e. The van der Waals surface area contributed by atoms with E-state index in [1.807, 2.05) is 18.2 Å². The van der Waals surface area contributed by atoms with Crippen LogP contribution in [0.3, 0.4) is 0 Å². The second-order valence-electron chi connectivity index (χ2n) is 5.25. The normalized spacial score (nSPS) is 10.7. The summed E-state index contributed by atoms with van der Waals surface area (Å²) >= 11 is 0. The Kier molecular flexibility index (Phi) is 4.66. The highest BCUT2D eigenvalue weighted by atomic mass is 19.1. The molecule has 2 aromatic heterocycles. The number of pyridine rings is 2. The van der Waals surface area contributed by atoms with Gasteiger partial charge in [-0.25, -0.2) is 9.37 Å². The van der Waals surface area contributed by atoms with Gasteiger partial charge < -0.3 is 10.6 Å². The number of hydrogen-bond acceptors (Lipinski definition) is 4. The number of rotatable bonds is 6. The molecule has 3 rings (SSSR count). The molecule has 5 heteroatoms. The molecule has 0 spiro atoms. The topological polar surface area (TPSA) is 49.8 Å². The van der Waals surface area contributed by atoms with Crippen LogP contribution in [0, 0.1) is 5.82 Å². The van der Waals surface area contributed by atoms with Gasteiger partial charge in [0.05, 0.1) is 11.7 Å². The number of nitrogens with one attached hydrogen (secondary N) is 2. The number of halogens is 1. The molecule has 2 N–H and O–H groups in total. The van der Waals surface area contributed by atoms with E-state index in [4.69, 9.17) is 0 Å². The standard InChI is InChI=1S/C18H19FN4/c1-2-14-11-17(15-5-3-4-6-16(15)23-14)20-9-10-21-18-8-7-13(19)12-22-18/h3-8,11-12H,2,9-10H2,1H3,(H,20,23)(H,21,22). The van der Waals surface area contributed by atoms with Crippen LogP contribution in [0.15, 0.2) is 48.7 Å². The highest BCUT2D eigenvalue weighted by molar-refractivity contribution is 5.91. The van der Waals surface area contributed by atoms with Gasteiger partial charge in [0.15, 0.2) is 0 Å². The van der Waals surface area contributed by atoms with E-state index >= 15 is 0 Å². The molecule has 0 atom stereocenters. The Hall–Kier alpha value is -2.69. The lowest BCUT2D eigenvalue weighted by Gasteiger charge is -2.12. The minimum atomic E-state index is -0.330. The lowest BCUT2D eigenvalue weighted by atomic mass is 10.1. The van der Waals surface area contributed by atoms with E-state index in [0.29, 0.717) is 12.4 Å². The first-order valence-corrected chi connectivity index (χ1v) is 7.74. The number of aromatic nitrogens is 2. The molecule has 118 valence electrons. The molecule has 0 fully saturated rings. The van der Waals surface area contributed by atoms with Crippen LogP contribution >= 0.6 is 0 Å². The highest BCUT2D eigenvalue weighted by Crippen LogP contribution is 2.23. The number of fused-ring (bicyclic) bond motifs is 1. The first kappa shape index (κ1) is 15.2. The number of aryl methyl sites for hydroxylation is 1. The number of anilines is 2. The van der Waals surface area contributed by atoms with Crippen LogP contribution in [0.25, 0.3) is 10.9 Å². The third kappa shape index (κ3) is 3.74. The Balaban J connectivity index is 1.65. The van der Waals surface area contributed by atoms with Gasteiger partial charge in [0.25, 0.3) is 0 Å². The van der Waals surface area contributed by atoms with E-state index in [0.717, 1.165) is 35.2 Å². The summed E-state index contributed by atoms with van der Waals surface area (Å²) in [7, 11) is 0. The smallest absolute Gasteiger partial charge is 0.141 e. The number of benzene rings is 1. The summed E-state index contributed by atoms with van der Waals surface area (Å²) in [6.45, 7) is 3.52. The fourth-order valence-electron chi connectivity index (χ4n) is 2.43. The first-order valence-electron chi connectivity index (χ1n) is 7.74. The summed E-state index contributed by atoms with van der Waals surface area (Å²) in [5.74, 6) is 0.339. The van der Waals surface area contributed by atoms with Gasteiger partial charge in [-0.05, 0) is 30.7 Å². The Morgan fingerprint density at radius 1 is 1.04 bits per heavy atom. The van der Waals surface area contributed by atoms with Crippen molar-refractivity contribution in [1.29, 1.82) is 0 Å². The van der Waals surface area contributed by atoms with Crippen molar-refractivity contribution in [2.75, 3.05) is 23.7 Å². The van der Waals surface area contributed by atoms with Crippen LogP contribution < -0.4 is 10.6 Å². The Labute approximate surface area is 134 Å². The van der Waals surface area contributed by atoms with Gasteiger partial charge in [-0.1, -0.05) is 25.1 Å². The van der Waals surface area contributed by atoms with Gasteiger partial charge in [0.2, 0.25) is 0 Å². The van der Waals surface area contributed by atoms with Crippen molar-refractivity contribution < 1.29 is 4.39 Å². The maximum atomic E-state index is 12.8. The molecule has 0 bridgehead atoms. The number of para-hydroxylation sites is 1. The largest absolute Gasteiger partial charge is 0.383 e. The van der Waals surface area contributed by atoms with Gasteiger partial charge >= 0.3 is 0 Å². The summed E-state index contributed by atoms with van der Waals surface area (Å²) in [6.07, 6.45) is 2.11.